The first-order valence-electron chi connectivity index (χ1n) is 5.15. The maximum absolute atomic E-state index is 5.54. The SMILES string of the molecule is C/C=C/COC1COCC1C.CC. The molecule has 1 rings (SSSR count). The van der Waals surface area contributed by atoms with Gasteiger partial charge in [0.1, 0.15) is 0 Å². The van der Waals surface area contributed by atoms with Crippen LogP contribution in [0.1, 0.15) is 27.7 Å². The maximum Gasteiger partial charge on any atom is 0.0860 e. The van der Waals surface area contributed by atoms with Crippen LogP contribution in [0.15, 0.2) is 12.2 Å². The number of hydrogen-bond donors (Lipinski definition) is 0. The maximum atomic E-state index is 5.54. The van der Waals surface area contributed by atoms with E-state index in [-0.39, 0.29) is 0 Å². The highest BCUT2D eigenvalue weighted by Crippen LogP contribution is 2.15. The summed E-state index contributed by atoms with van der Waals surface area (Å²) in [5, 5.41) is 0. The molecule has 1 aliphatic heterocycles. The second-order valence-corrected chi connectivity index (χ2v) is 2.96. The zero-order chi connectivity index (χ0) is 10.1. The van der Waals surface area contributed by atoms with Crippen molar-refractivity contribution >= 4 is 0 Å². The van der Waals surface area contributed by atoms with Gasteiger partial charge in [-0.3, -0.25) is 0 Å². The van der Waals surface area contributed by atoms with E-state index in [1.165, 1.54) is 0 Å². The van der Waals surface area contributed by atoms with Crippen molar-refractivity contribution in [1.82, 2.24) is 0 Å². The Bertz CT molecular complexity index is 132. The van der Waals surface area contributed by atoms with Gasteiger partial charge in [0.25, 0.3) is 0 Å². The van der Waals surface area contributed by atoms with Crippen molar-refractivity contribution in [3.63, 3.8) is 0 Å². The molecule has 0 bridgehead atoms. The fourth-order valence-electron chi connectivity index (χ4n) is 1.13. The summed E-state index contributed by atoms with van der Waals surface area (Å²) < 4.78 is 10.8. The van der Waals surface area contributed by atoms with Crippen LogP contribution in [0.25, 0.3) is 0 Å². The summed E-state index contributed by atoms with van der Waals surface area (Å²) in [7, 11) is 0. The highest BCUT2D eigenvalue weighted by molar-refractivity contribution is 4.79. The van der Waals surface area contributed by atoms with E-state index >= 15 is 0 Å². The van der Waals surface area contributed by atoms with Crippen molar-refractivity contribution in [2.24, 2.45) is 5.92 Å². The first-order valence-corrected chi connectivity index (χ1v) is 5.15. The summed E-state index contributed by atoms with van der Waals surface area (Å²) in [5.41, 5.74) is 0. The second kappa shape index (κ2) is 8.27. The van der Waals surface area contributed by atoms with E-state index in [9.17, 15) is 0 Å². The van der Waals surface area contributed by atoms with Crippen LogP contribution in [0.3, 0.4) is 0 Å². The van der Waals surface area contributed by atoms with Crippen LogP contribution >= 0.6 is 0 Å². The fourth-order valence-corrected chi connectivity index (χ4v) is 1.13. The molecule has 2 atom stereocenters. The van der Waals surface area contributed by atoms with Crippen LogP contribution in [-0.2, 0) is 9.47 Å². The molecule has 0 aromatic carbocycles. The summed E-state index contributed by atoms with van der Waals surface area (Å²) in [6.07, 6.45) is 4.33. The Morgan fingerprint density at radius 1 is 1.38 bits per heavy atom. The van der Waals surface area contributed by atoms with Crippen LogP contribution in [-0.4, -0.2) is 25.9 Å². The lowest BCUT2D eigenvalue weighted by Crippen LogP contribution is -2.19. The molecular formula is C11H22O2. The lowest BCUT2D eigenvalue weighted by Gasteiger charge is -2.12. The number of ether oxygens (including phenoxy) is 2. The predicted molar refractivity (Wildman–Crippen MR) is 55.9 cm³/mol. The van der Waals surface area contributed by atoms with Gasteiger partial charge in [0, 0.05) is 5.92 Å². The van der Waals surface area contributed by atoms with Crippen molar-refractivity contribution in [2.75, 3.05) is 19.8 Å². The molecule has 0 aliphatic carbocycles. The average Bonchev–Trinajstić information content (AvgIpc) is 2.56. The molecular weight excluding hydrogens is 164 g/mol. The molecule has 1 aliphatic rings. The van der Waals surface area contributed by atoms with E-state index < -0.39 is 0 Å². The molecule has 13 heavy (non-hydrogen) atoms. The average molecular weight is 186 g/mol. The minimum atomic E-state index is 0.311. The van der Waals surface area contributed by atoms with Crippen LogP contribution in [0.5, 0.6) is 0 Å². The van der Waals surface area contributed by atoms with Crippen molar-refractivity contribution < 1.29 is 9.47 Å². The quantitative estimate of drug-likeness (QED) is 0.631. The molecule has 0 saturated carbocycles. The Labute approximate surface area is 81.9 Å². The van der Waals surface area contributed by atoms with Crippen LogP contribution < -0.4 is 0 Å². The molecule has 2 nitrogen and oxygen atoms in total. The first-order chi connectivity index (χ1) is 6.34. The number of allylic oxidation sites excluding steroid dienone is 1. The minimum absolute atomic E-state index is 0.311. The molecule has 1 fully saturated rings. The zero-order valence-electron chi connectivity index (χ0n) is 9.25. The van der Waals surface area contributed by atoms with Crippen molar-refractivity contribution in [3.8, 4) is 0 Å². The molecule has 0 aromatic heterocycles. The van der Waals surface area contributed by atoms with Gasteiger partial charge in [0.2, 0.25) is 0 Å². The third-order valence-corrected chi connectivity index (χ3v) is 1.94. The summed E-state index contributed by atoms with van der Waals surface area (Å²) in [6.45, 7) is 10.5. The molecule has 0 spiro atoms. The Hall–Kier alpha value is -0.340. The molecule has 1 saturated heterocycles. The largest absolute Gasteiger partial charge is 0.378 e. The van der Waals surface area contributed by atoms with Crippen LogP contribution in [0, 0.1) is 5.92 Å². The Morgan fingerprint density at radius 2 is 2.08 bits per heavy atom. The zero-order valence-corrected chi connectivity index (χ0v) is 9.25. The van der Waals surface area contributed by atoms with Gasteiger partial charge < -0.3 is 9.47 Å². The second-order valence-electron chi connectivity index (χ2n) is 2.96. The topological polar surface area (TPSA) is 18.5 Å². The minimum Gasteiger partial charge on any atom is -0.378 e. The van der Waals surface area contributed by atoms with Gasteiger partial charge in [0.15, 0.2) is 0 Å². The molecule has 2 heteroatoms. The number of rotatable bonds is 3. The van der Waals surface area contributed by atoms with E-state index in [0.29, 0.717) is 12.0 Å². The third-order valence-electron chi connectivity index (χ3n) is 1.94. The van der Waals surface area contributed by atoms with E-state index in [1.54, 1.807) is 0 Å². The lowest BCUT2D eigenvalue weighted by molar-refractivity contribution is 0.0465. The highest BCUT2D eigenvalue weighted by atomic mass is 16.5. The van der Waals surface area contributed by atoms with Crippen molar-refractivity contribution in [2.45, 2.75) is 33.8 Å². The predicted octanol–water partition coefficient (Wildman–Crippen LogP) is 2.64. The normalized spacial score (nSPS) is 27.4. The molecule has 0 amide bonds. The van der Waals surface area contributed by atoms with Gasteiger partial charge >= 0.3 is 0 Å². The summed E-state index contributed by atoms with van der Waals surface area (Å²) in [6, 6.07) is 0. The van der Waals surface area contributed by atoms with Gasteiger partial charge in [0.05, 0.1) is 25.9 Å². The van der Waals surface area contributed by atoms with Gasteiger partial charge in [-0.15, -0.1) is 0 Å². The molecule has 1 heterocycles. The van der Waals surface area contributed by atoms with E-state index in [4.69, 9.17) is 9.47 Å². The molecule has 0 radical (unpaired) electrons. The first kappa shape index (κ1) is 12.7. The molecule has 78 valence electrons. The van der Waals surface area contributed by atoms with E-state index in [1.807, 2.05) is 32.9 Å². The summed E-state index contributed by atoms with van der Waals surface area (Å²) >= 11 is 0. The van der Waals surface area contributed by atoms with Crippen LogP contribution in [0.2, 0.25) is 0 Å². The lowest BCUT2D eigenvalue weighted by atomic mass is 10.1. The smallest absolute Gasteiger partial charge is 0.0860 e. The highest BCUT2D eigenvalue weighted by Gasteiger charge is 2.24. The number of hydrogen-bond acceptors (Lipinski definition) is 2. The Kier molecular flexibility index (Phi) is 8.05. The van der Waals surface area contributed by atoms with Crippen molar-refractivity contribution in [3.05, 3.63) is 12.2 Å². The Balaban J connectivity index is 0.000000671. The molecule has 0 aromatic rings. The van der Waals surface area contributed by atoms with Gasteiger partial charge in [-0.05, 0) is 6.92 Å². The Morgan fingerprint density at radius 3 is 2.54 bits per heavy atom. The van der Waals surface area contributed by atoms with Crippen molar-refractivity contribution in [1.29, 1.82) is 0 Å². The third kappa shape index (κ3) is 5.06. The molecule has 0 N–H and O–H groups in total. The van der Waals surface area contributed by atoms with Crippen LogP contribution in [0.4, 0.5) is 0 Å². The monoisotopic (exact) mass is 186 g/mol. The summed E-state index contributed by atoms with van der Waals surface area (Å²) in [4.78, 5) is 0. The molecule has 2 unspecified atom stereocenters. The van der Waals surface area contributed by atoms with Gasteiger partial charge in [-0.25, -0.2) is 0 Å². The fraction of sp³-hybridized carbons (Fsp3) is 0.818. The van der Waals surface area contributed by atoms with E-state index in [0.717, 1.165) is 19.8 Å². The standard InChI is InChI=1S/C9H16O2.C2H6/c1-3-4-5-11-9-7-10-6-8(9)2;1-2/h3-4,8-9H,5-7H2,1-2H3;1-2H3/b4-3+;. The van der Waals surface area contributed by atoms with Gasteiger partial charge in [-0.2, -0.15) is 0 Å². The summed E-state index contributed by atoms with van der Waals surface area (Å²) in [5.74, 6) is 0.556. The van der Waals surface area contributed by atoms with E-state index in [2.05, 4.69) is 6.92 Å². The van der Waals surface area contributed by atoms with Gasteiger partial charge in [-0.1, -0.05) is 32.9 Å².